The highest BCUT2D eigenvalue weighted by molar-refractivity contribution is 6.12. The Morgan fingerprint density at radius 3 is 2.20 bits per heavy atom. The molecule has 2 aromatic rings. The Balaban J connectivity index is 0.00000442. The summed E-state index contributed by atoms with van der Waals surface area (Å²) in [6.45, 7) is 10.5. The van der Waals surface area contributed by atoms with Crippen molar-refractivity contribution >= 4 is 34.8 Å². The molecule has 1 N–H and O–H groups in total. The van der Waals surface area contributed by atoms with Gasteiger partial charge < -0.3 is 22.6 Å². The lowest BCUT2D eigenvalue weighted by atomic mass is 9.81. The van der Waals surface area contributed by atoms with Gasteiger partial charge in [0.05, 0.1) is 5.41 Å². The number of fused-ring (bicyclic) bond motifs is 2. The summed E-state index contributed by atoms with van der Waals surface area (Å²) in [6, 6.07) is 17.3. The standard InChI is InChI=1S/C36H42N4O3.ClH/c1-35(2)26-14-8-10-16-28(26)38(5)30(35)18-13-19-31-36(3,4)27-15-9-11-17-29(27)39(31)24-12-6-7-20-32(41)37-23-25-40-33(42)21-22-34(40)43;/h8-11,13-19,21-22H,6-7,12,20,23-25H2,1-5H3;1H. The molecule has 0 aliphatic carbocycles. The van der Waals surface area contributed by atoms with Crippen molar-refractivity contribution in [2.75, 3.05) is 31.6 Å². The van der Waals surface area contributed by atoms with E-state index in [0.29, 0.717) is 6.42 Å². The number of allylic oxidation sites excluding steroid dienone is 4. The Kier molecular flexibility index (Phi) is 9.99. The zero-order valence-electron chi connectivity index (χ0n) is 26.4. The van der Waals surface area contributed by atoms with Crippen LogP contribution in [0.2, 0.25) is 0 Å². The third-order valence-electron chi connectivity index (χ3n) is 9.09. The number of imide groups is 1. The number of carbonyl (C=O) groups excluding carboxylic acids is 3. The van der Waals surface area contributed by atoms with Gasteiger partial charge >= 0.3 is 0 Å². The molecule has 3 aliphatic heterocycles. The maximum atomic E-state index is 12.3. The van der Waals surface area contributed by atoms with Gasteiger partial charge in [0.15, 0.2) is 5.71 Å². The molecular formula is C36H43ClN4O3. The molecule has 8 heteroatoms. The van der Waals surface area contributed by atoms with E-state index in [1.165, 1.54) is 46.1 Å². The highest BCUT2D eigenvalue weighted by atomic mass is 35.5. The van der Waals surface area contributed by atoms with Gasteiger partial charge in [-0.05, 0) is 44.4 Å². The van der Waals surface area contributed by atoms with Crippen molar-refractivity contribution in [3.8, 4) is 0 Å². The Hall–Kier alpha value is -3.97. The number of halogens is 1. The predicted molar refractivity (Wildman–Crippen MR) is 172 cm³/mol. The first-order chi connectivity index (χ1) is 20.5. The van der Waals surface area contributed by atoms with E-state index >= 15 is 0 Å². The van der Waals surface area contributed by atoms with Crippen LogP contribution in [0.25, 0.3) is 0 Å². The van der Waals surface area contributed by atoms with E-state index in [0.717, 1.165) is 30.7 Å². The molecule has 232 valence electrons. The van der Waals surface area contributed by atoms with Gasteiger partial charge in [0, 0.05) is 72.7 Å². The minimum atomic E-state index is -0.325. The van der Waals surface area contributed by atoms with Crippen LogP contribution in [0.5, 0.6) is 0 Å². The van der Waals surface area contributed by atoms with Crippen molar-refractivity contribution < 1.29 is 31.4 Å². The summed E-state index contributed by atoms with van der Waals surface area (Å²) >= 11 is 0. The van der Waals surface area contributed by atoms with Crippen LogP contribution >= 0.6 is 0 Å². The highest BCUT2D eigenvalue weighted by Gasteiger charge is 2.43. The average Bonchev–Trinajstić information content (AvgIpc) is 3.49. The molecule has 2 aromatic carbocycles. The summed E-state index contributed by atoms with van der Waals surface area (Å²) in [5.74, 6) is -0.701. The molecule has 3 amide bonds. The van der Waals surface area contributed by atoms with Crippen molar-refractivity contribution in [1.82, 2.24) is 10.2 Å². The number of benzene rings is 2. The summed E-state index contributed by atoms with van der Waals surface area (Å²) in [6.07, 6.45) is 12.4. The Labute approximate surface area is 267 Å². The normalized spacial score (nSPS) is 18.8. The van der Waals surface area contributed by atoms with E-state index in [-0.39, 0.29) is 54.0 Å². The van der Waals surface area contributed by atoms with Crippen molar-refractivity contribution in [1.29, 1.82) is 0 Å². The first-order valence-corrected chi connectivity index (χ1v) is 15.3. The highest BCUT2D eigenvalue weighted by Crippen LogP contribution is 2.47. The van der Waals surface area contributed by atoms with Crippen LogP contribution in [0.4, 0.5) is 11.4 Å². The van der Waals surface area contributed by atoms with Crippen molar-refractivity contribution in [2.24, 2.45) is 0 Å². The molecule has 0 saturated carbocycles. The second kappa shape index (κ2) is 13.3. The maximum absolute atomic E-state index is 12.3. The fraction of sp³-hybridized carbons (Fsp3) is 0.389. The van der Waals surface area contributed by atoms with Gasteiger partial charge in [-0.25, -0.2) is 0 Å². The molecule has 3 heterocycles. The molecule has 0 spiro atoms. The van der Waals surface area contributed by atoms with Gasteiger partial charge in [-0.15, -0.1) is 0 Å². The smallest absolute Gasteiger partial charge is 0.253 e. The van der Waals surface area contributed by atoms with Crippen LogP contribution in [0.3, 0.4) is 0 Å². The molecule has 5 rings (SSSR count). The summed E-state index contributed by atoms with van der Waals surface area (Å²) in [5.41, 5.74) is 7.56. The minimum Gasteiger partial charge on any atom is -1.00 e. The fourth-order valence-corrected chi connectivity index (χ4v) is 6.69. The molecule has 0 radical (unpaired) electrons. The first-order valence-electron chi connectivity index (χ1n) is 15.3. The van der Waals surface area contributed by atoms with E-state index in [2.05, 4.69) is 116 Å². The monoisotopic (exact) mass is 614 g/mol. The van der Waals surface area contributed by atoms with E-state index in [1.807, 2.05) is 0 Å². The van der Waals surface area contributed by atoms with Gasteiger partial charge in [-0.2, -0.15) is 4.58 Å². The van der Waals surface area contributed by atoms with Crippen molar-refractivity contribution in [2.45, 2.75) is 64.2 Å². The van der Waals surface area contributed by atoms with E-state index in [4.69, 9.17) is 0 Å². The third kappa shape index (κ3) is 6.29. The number of amides is 3. The van der Waals surface area contributed by atoms with Gasteiger partial charge in [0.25, 0.3) is 11.8 Å². The van der Waals surface area contributed by atoms with Crippen LogP contribution in [0.15, 0.2) is 84.6 Å². The second-order valence-electron chi connectivity index (χ2n) is 12.6. The fourth-order valence-electron chi connectivity index (χ4n) is 6.69. The number of rotatable bonds is 11. The zero-order valence-corrected chi connectivity index (χ0v) is 27.2. The van der Waals surface area contributed by atoms with Crippen LogP contribution in [-0.2, 0) is 25.2 Å². The third-order valence-corrected chi connectivity index (χ3v) is 9.09. The lowest BCUT2D eigenvalue weighted by molar-refractivity contribution is -0.401. The maximum Gasteiger partial charge on any atom is 0.253 e. The van der Waals surface area contributed by atoms with Crippen LogP contribution < -0.4 is 22.6 Å². The van der Waals surface area contributed by atoms with Gasteiger partial charge in [0.2, 0.25) is 11.6 Å². The summed E-state index contributed by atoms with van der Waals surface area (Å²) in [7, 11) is 2.15. The lowest BCUT2D eigenvalue weighted by Gasteiger charge is -2.27. The SMILES string of the molecule is C[N+]1=C(/C=C/C=C2/N(CCCCCC(=O)NCCN3C(=O)C=CC3=O)c3ccccc3C2(C)C)C(C)(C)c2ccccc21.[Cl-]. The van der Waals surface area contributed by atoms with Gasteiger partial charge in [0.1, 0.15) is 7.05 Å². The molecule has 0 saturated heterocycles. The summed E-state index contributed by atoms with van der Waals surface area (Å²) in [5, 5.41) is 2.83. The predicted octanol–water partition coefficient (Wildman–Crippen LogP) is 2.54. The van der Waals surface area contributed by atoms with Crippen molar-refractivity contribution in [3.05, 3.63) is 95.7 Å². The number of nitrogens with one attached hydrogen (secondary N) is 1. The van der Waals surface area contributed by atoms with E-state index in [1.54, 1.807) is 0 Å². The number of nitrogens with zero attached hydrogens (tertiary/aromatic N) is 3. The van der Waals surface area contributed by atoms with Crippen molar-refractivity contribution in [3.63, 3.8) is 0 Å². The Bertz CT molecular complexity index is 1550. The topological polar surface area (TPSA) is 72.7 Å². The largest absolute Gasteiger partial charge is 1.00 e. The summed E-state index contributed by atoms with van der Waals surface area (Å²) < 4.78 is 2.30. The van der Waals surface area contributed by atoms with Gasteiger partial charge in [-0.3, -0.25) is 19.3 Å². The Morgan fingerprint density at radius 1 is 0.841 bits per heavy atom. The van der Waals surface area contributed by atoms with E-state index < -0.39 is 0 Å². The quantitative estimate of drug-likeness (QED) is 0.240. The van der Waals surface area contributed by atoms with E-state index in [9.17, 15) is 14.4 Å². The summed E-state index contributed by atoms with van der Waals surface area (Å²) in [4.78, 5) is 39.2. The number of hydrogen-bond acceptors (Lipinski definition) is 4. The lowest BCUT2D eigenvalue weighted by Crippen LogP contribution is -3.00. The minimum absolute atomic E-state index is 0. The molecule has 0 bridgehead atoms. The van der Waals surface area contributed by atoms with Crippen LogP contribution in [0.1, 0.15) is 64.5 Å². The molecular weight excluding hydrogens is 572 g/mol. The number of para-hydroxylation sites is 2. The number of carbonyl (C=O) groups is 3. The molecule has 0 aromatic heterocycles. The molecule has 7 nitrogen and oxygen atoms in total. The number of hydrogen-bond donors (Lipinski definition) is 1. The second-order valence-corrected chi connectivity index (χ2v) is 12.6. The number of anilines is 1. The average molecular weight is 615 g/mol. The zero-order chi connectivity index (χ0) is 30.8. The molecule has 3 aliphatic rings. The molecule has 0 atom stereocenters. The molecule has 44 heavy (non-hydrogen) atoms. The molecule has 0 unspecified atom stereocenters. The Morgan fingerprint density at radius 2 is 1.50 bits per heavy atom. The van der Waals surface area contributed by atoms with Gasteiger partial charge in [-0.1, -0.05) is 62.7 Å². The molecule has 0 fully saturated rings. The van der Waals surface area contributed by atoms with Crippen LogP contribution in [0, 0.1) is 0 Å². The van der Waals surface area contributed by atoms with Crippen LogP contribution in [-0.4, -0.2) is 59.6 Å². The number of unbranched alkanes of at least 4 members (excludes halogenated alkanes) is 2. The first kappa shape index (κ1) is 32.9.